The van der Waals surface area contributed by atoms with Crippen molar-refractivity contribution in [3.8, 4) is 11.1 Å². The minimum absolute atomic E-state index is 0.00225. The molecule has 3 nitrogen and oxygen atoms in total. The first-order valence-electron chi connectivity index (χ1n) is 7.65. The van der Waals surface area contributed by atoms with E-state index in [-0.39, 0.29) is 11.7 Å². The molecule has 3 heteroatoms. The molecule has 0 radical (unpaired) electrons. The van der Waals surface area contributed by atoms with Gasteiger partial charge in [-0.15, -0.1) is 0 Å². The van der Waals surface area contributed by atoms with Gasteiger partial charge in [0, 0.05) is 28.8 Å². The van der Waals surface area contributed by atoms with Crippen LogP contribution in [0.5, 0.6) is 0 Å². The number of carbonyl (C=O) groups excluding carboxylic acids is 2. The monoisotopic (exact) mass is 293 g/mol. The lowest BCUT2D eigenvalue weighted by molar-refractivity contribution is 0.0952. The molecular formula is C19H19NO2. The number of benzene rings is 2. The Balaban J connectivity index is 1.97. The van der Waals surface area contributed by atoms with Crippen LogP contribution >= 0.6 is 0 Å². The van der Waals surface area contributed by atoms with E-state index in [1.54, 1.807) is 18.2 Å². The Bertz CT molecular complexity index is 747. The van der Waals surface area contributed by atoms with E-state index in [4.69, 9.17) is 0 Å². The SMILES string of the molecule is CC(C)CCNC(=O)c1cccc2c1-c1ccccc1C2=O. The topological polar surface area (TPSA) is 46.2 Å². The molecule has 1 aliphatic carbocycles. The molecule has 0 saturated carbocycles. The molecule has 0 bridgehead atoms. The third-order valence-electron chi connectivity index (χ3n) is 4.00. The Morgan fingerprint density at radius 2 is 1.68 bits per heavy atom. The van der Waals surface area contributed by atoms with E-state index in [1.165, 1.54) is 0 Å². The maximum atomic E-state index is 12.5. The second-order valence-electron chi connectivity index (χ2n) is 6.04. The Hall–Kier alpha value is -2.42. The third kappa shape index (κ3) is 2.43. The van der Waals surface area contributed by atoms with Crippen molar-refractivity contribution in [3.05, 3.63) is 59.2 Å². The molecule has 0 aromatic heterocycles. The summed E-state index contributed by atoms with van der Waals surface area (Å²) in [6, 6.07) is 12.8. The van der Waals surface area contributed by atoms with Gasteiger partial charge >= 0.3 is 0 Å². The average Bonchev–Trinajstić information content (AvgIpc) is 2.81. The van der Waals surface area contributed by atoms with Gasteiger partial charge in [0.15, 0.2) is 5.78 Å². The molecule has 1 aliphatic rings. The van der Waals surface area contributed by atoms with Crippen molar-refractivity contribution in [2.45, 2.75) is 20.3 Å². The van der Waals surface area contributed by atoms with Gasteiger partial charge in [0.1, 0.15) is 0 Å². The molecule has 112 valence electrons. The number of carbonyl (C=O) groups is 2. The van der Waals surface area contributed by atoms with Crippen LogP contribution < -0.4 is 5.32 Å². The largest absolute Gasteiger partial charge is 0.352 e. The quantitative estimate of drug-likeness (QED) is 0.797. The molecule has 0 unspecified atom stereocenters. The van der Waals surface area contributed by atoms with E-state index < -0.39 is 0 Å². The lowest BCUT2D eigenvalue weighted by Crippen LogP contribution is -2.26. The predicted molar refractivity (Wildman–Crippen MR) is 87.1 cm³/mol. The Morgan fingerprint density at radius 3 is 2.41 bits per heavy atom. The minimum atomic E-state index is -0.109. The highest BCUT2D eigenvalue weighted by Gasteiger charge is 2.29. The Kier molecular flexibility index (Phi) is 3.80. The summed E-state index contributed by atoms with van der Waals surface area (Å²) in [5, 5.41) is 2.96. The molecule has 0 fully saturated rings. The van der Waals surface area contributed by atoms with Gasteiger partial charge in [0.05, 0.1) is 0 Å². The fraction of sp³-hybridized carbons (Fsp3) is 0.263. The summed E-state index contributed by atoms with van der Waals surface area (Å²) in [5.74, 6) is 0.438. The molecule has 0 heterocycles. The molecule has 0 aliphatic heterocycles. The number of fused-ring (bicyclic) bond motifs is 3. The van der Waals surface area contributed by atoms with E-state index in [1.807, 2.05) is 24.3 Å². The van der Waals surface area contributed by atoms with Crippen molar-refractivity contribution in [1.29, 1.82) is 0 Å². The first-order chi connectivity index (χ1) is 10.6. The van der Waals surface area contributed by atoms with Crippen molar-refractivity contribution in [2.75, 3.05) is 6.54 Å². The van der Waals surface area contributed by atoms with E-state index >= 15 is 0 Å². The molecular weight excluding hydrogens is 274 g/mol. The van der Waals surface area contributed by atoms with Gasteiger partial charge in [-0.2, -0.15) is 0 Å². The summed E-state index contributed by atoms with van der Waals surface area (Å²) in [5.41, 5.74) is 3.51. The van der Waals surface area contributed by atoms with E-state index in [9.17, 15) is 9.59 Å². The van der Waals surface area contributed by atoms with Gasteiger partial charge in [0.25, 0.3) is 5.91 Å². The van der Waals surface area contributed by atoms with Gasteiger partial charge in [0.2, 0.25) is 0 Å². The zero-order valence-electron chi connectivity index (χ0n) is 12.8. The van der Waals surface area contributed by atoms with Crippen molar-refractivity contribution in [2.24, 2.45) is 5.92 Å². The van der Waals surface area contributed by atoms with Crippen molar-refractivity contribution in [1.82, 2.24) is 5.32 Å². The van der Waals surface area contributed by atoms with E-state index in [2.05, 4.69) is 19.2 Å². The molecule has 1 amide bonds. The van der Waals surface area contributed by atoms with Crippen molar-refractivity contribution < 1.29 is 9.59 Å². The predicted octanol–water partition coefficient (Wildman–Crippen LogP) is 3.67. The lowest BCUT2D eigenvalue weighted by atomic mass is 9.99. The zero-order chi connectivity index (χ0) is 15.7. The van der Waals surface area contributed by atoms with Crippen LogP contribution in [0.25, 0.3) is 11.1 Å². The van der Waals surface area contributed by atoms with Crippen LogP contribution in [-0.2, 0) is 0 Å². The smallest absolute Gasteiger partial charge is 0.251 e. The van der Waals surface area contributed by atoms with Gasteiger partial charge in [-0.05, 0) is 24.0 Å². The average molecular weight is 293 g/mol. The van der Waals surface area contributed by atoms with Crippen LogP contribution in [0.4, 0.5) is 0 Å². The summed E-state index contributed by atoms with van der Waals surface area (Å²) in [6.45, 7) is 4.90. The number of nitrogens with one attached hydrogen (secondary N) is 1. The summed E-state index contributed by atoms with van der Waals surface area (Å²) in [6.07, 6.45) is 0.941. The summed E-state index contributed by atoms with van der Waals surface area (Å²) < 4.78 is 0. The van der Waals surface area contributed by atoms with Crippen LogP contribution in [0.1, 0.15) is 46.5 Å². The first-order valence-corrected chi connectivity index (χ1v) is 7.65. The van der Waals surface area contributed by atoms with Crippen LogP contribution in [-0.4, -0.2) is 18.2 Å². The standard InChI is InChI=1S/C19H19NO2/c1-12(2)10-11-20-19(22)16-9-5-8-15-17(16)13-6-3-4-7-14(13)18(15)21/h3-9,12H,10-11H2,1-2H3,(H,20,22). The second-order valence-corrected chi connectivity index (χ2v) is 6.04. The van der Waals surface area contributed by atoms with Crippen LogP contribution in [0, 0.1) is 5.92 Å². The summed E-state index contributed by atoms with van der Waals surface area (Å²) in [7, 11) is 0. The highest BCUT2D eigenvalue weighted by molar-refractivity contribution is 6.24. The molecule has 22 heavy (non-hydrogen) atoms. The Labute approximate surface area is 130 Å². The molecule has 1 N–H and O–H groups in total. The number of amides is 1. The first kappa shape index (κ1) is 14.5. The maximum absolute atomic E-state index is 12.5. The van der Waals surface area contributed by atoms with Crippen LogP contribution in [0.3, 0.4) is 0 Å². The Morgan fingerprint density at radius 1 is 1.00 bits per heavy atom. The molecule has 2 aromatic carbocycles. The summed E-state index contributed by atoms with van der Waals surface area (Å²) in [4.78, 5) is 24.9. The van der Waals surface area contributed by atoms with Gasteiger partial charge < -0.3 is 5.32 Å². The number of hydrogen-bond donors (Lipinski definition) is 1. The number of hydrogen-bond acceptors (Lipinski definition) is 2. The minimum Gasteiger partial charge on any atom is -0.352 e. The van der Waals surface area contributed by atoms with Gasteiger partial charge in [-0.3, -0.25) is 9.59 Å². The fourth-order valence-corrected chi connectivity index (χ4v) is 2.83. The summed E-state index contributed by atoms with van der Waals surface area (Å²) >= 11 is 0. The van der Waals surface area contributed by atoms with Crippen LogP contribution in [0.2, 0.25) is 0 Å². The molecule has 3 rings (SSSR count). The highest BCUT2D eigenvalue weighted by atomic mass is 16.1. The van der Waals surface area contributed by atoms with E-state index in [0.29, 0.717) is 29.2 Å². The molecule has 2 aromatic rings. The second kappa shape index (κ2) is 5.76. The number of ketones is 1. The van der Waals surface area contributed by atoms with Gasteiger partial charge in [-0.25, -0.2) is 0 Å². The number of rotatable bonds is 4. The molecule has 0 saturated heterocycles. The lowest BCUT2D eigenvalue weighted by Gasteiger charge is -2.10. The molecule has 0 spiro atoms. The highest BCUT2D eigenvalue weighted by Crippen LogP contribution is 2.38. The normalized spacial score (nSPS) is 12.2. The van der Waals surface area contributed by atoms with Crippen LogP contribution in [0.15, 0.2) is 42.5 Å². The maximum Gasteiger partial charge on any atom is 0.251 e. The van der Waals surface area contributed by atoms with Crippen molar-refractivity contribution >= 4 is 11.7 Å². The fourth-order valence-electron chi connectivity index (χ4n) is 2.83. The third-order valence-corrected chi connectivity index (χ3v) is 4.00. The van der Waals surface area contributed by atoms with Crippen molar-refractivity contribution in [3.63, 3.8) is 0 Å². The van der Waals surface area contributed by atoms with E-state index in [0.717, 1.165) is 17.5 Å². The van der Waals surface area contributed by atoms with Gasteiger partial charge in [-0.1, -0.05) is 50.2 Å². The molecule has 0 atom stereocenters. The zero-order valence-corrected chi connectivity index (χ0v) is 12.8.